The Morgan fingerprint density at radius 3 is 2.86 bits per heavy atom. The van der Waals surface area contributed by atoms with Crippen LogP contribution in [0.5, 0.6) is 0 Å². The summed E-state index contributed by atoms with van der Waals surface area (Å²) < 4.78 is 0. The van der Waals surface area contributed by atoms with Gasteiger partial charge < -0.3 is 5.32 Å². The van der Waals surface area contributed by atoms with E-state index in [1.165, 1.54) is 38.8 Å². The lowest BCUT2D eigenvalue weighted by atomic mass is 10.1. The Balaban J connectivity index is 2.24. The van der Waals surface area contributed by atoms with Crippen LogP contribution in [0.2, 0.25) is 0 Å². The molecule has 84 valence electrons. The standard InChI is InChI=1S/C12H26N2/c1-4-12-7-6-10-14(12)11(3)8-9-13-5-2/h11-13H,4-10H2,1-3H3. The summed E-state index contributed by atoms with van der Waals surface area (Å²) >= 11 is 0. The van der Waals surface area contributed by atoms with Crippen molar-refractivity contribution in [1.82, 2.24) is 10.2 Å². The van der Waals surface area contributed by atoms with Crippen LogP contribution >= 0.6 is 0 Å². The molecule has 1 aliphatic rings. The van der Waals surface area contributed by atoms with Crippen LogP contribution < -0.4 is 5.32 Å². The molecular formula is C12H26N2. The maximum Gasteiger partial charge on any atom is 0.00959 e. The first-order valence-corrected chi connectivity index (χ1v) is 6.26. The van der Waals surface area contributed by atoms with Crippen molar-refractivity contribution in [2.45, 2.75) is 58.5 Å². The lowest BCUT2D eigenvalue weighted by Gasteiger charge is -2.30. The van der Waals surface area contributed by atoms with E-state index in [2.05, 4.69) is 31.0 Å². The van der Waals surface area contributed by atoms with Crippen LogP contribution in [-0.4, -0.2) is 36.6 Å². The topological polar surface area (TPSA) is 15.3 Å². The molecule has 2 nitrogen and oxygen atoms in total. The molecule has 1 rings (SSSR count). The molecule has 1 saturated heterocycles. The molecule has 0 aromatic rings. The van der Waals surface area contributed by atoms with E-state index in [9.17, 15) is 0 Å². The highest BCUT2D eigenvalue weighted by atomic mass is 15.2. The van der Waals surface area contributed by atoms with Crippen LogP contribution in [0.3, 0.4) is 0 Å². The first-order valence-electron chi connectivity index (χ1n) is 6.26. The Hall–Kier alpha value is -0.0800. The van der Waals surface area contributed by atoms with Crippen LogP contribution in [0, 0.1) is 0 Å². The molecule has 1 fully saturated rings. The number of likely N-dealkylation sites (tertiary alicyclic amines) is 1. The van der Waals surface area contributed by atoms with Crippen molar-refractivity contribution in [2.75, 3.05) is 19.6 Å². The summed E-state index contributed by atoms with van der Waals surface area (Å²) in [6, 6.07) is 1.63. The molecule has 0 radical (unpaired) electrons. The fraction of sp³-hybridized carbons (Fsp3) is 1.00. The van der Waals surface area contributed by atoms with E-state index in [4.69, 9.17) is 0 Å². The molecule has 0 saturated carbocycles. The fourth-order valence-corrected chi connectivity index (χ4v) is 2.53. The first kappa shape index (κ1) is 12.0. The molecule has 0 aliphatic carbocycles. The van der Waals surface area contributed by atoms with E-state index in [0.717, 1.165) is 18.6 Å². The van der Waals surface area contributed by atoms with E-state index in [1.807, 2.05) is 0 Å². The highest BCUT2D eigenvalue weighted by Crippen LogP contribution is 2.23. The summed E-state index contributed by atoms with van der Waals surface area (Å²) in [7, 11) is 0. The Morgan fingerprint density at radius 2 is 2.21 bits per heavy atom. The average molecular weight is 198 g/mol. The minimum atomic E-state index is 0.765. The SMILES string of the molecule is CCNCCC(C)N1CCCC1CC. The zero-order valence-corrected chi connectivity index (χ0v) is 10.1. The molecule has 1 aliphatic heterocycles. The lowest BCUT2D eigenvalue weighted by Crippen LogP contribution is -2.38. The predicted octanol–water partition coefficient (Wildman–Crippen LogP) is 2.25. The van der Waals surface area contributed by atoms with Gasteiger partial charge in [-0.05, 0) is 52.2 Å². The minimum absolute atomic E-state index is 0.765. The normalized spacial score (nSPS) is 25.5. The number of nitrogens with zero attached hydrogens (tertiary/aromatic N) is 1. The predicted molar refractivity (Wildman–Crippen MR) is 62.6 cm³/mol. The van der Waals surface area contributed by atoms with Crippen molar-refractivity contribution in [2.24, 2.45) is 0 Å². The molecule has 2 atom stereocenters. The number of hydrogen-bond acceptors (Lipinski definition) is 2. The van der Waals surface area contributed by atoms with Gasteiger partial charge in [-0.3, -0.25) is 4.90 Å². The summed E-state index contributed by atoms with van der Waals surface area (Å²) in [5.74, 6) is 0. The van der Waals surface area contributed by atoms with E-state index in [-0.39, 0.29) is 0 Å². The van der Waals surface area contributed by atoms with Crippen molar-refractivity contribution in [3.05, 3.63) is 0 Å². The van der Waals surface area contributed by atoms with Crippen molar-refractivity contribution in [3.8, 4) is 0 Å². The Kier molecular flexibility index (Phi) is 5.49. The van der Waals surface area contributed by atoms with Gasteiger partial charge >= 0.3 is 0 Å². The maximum atomic E-state index is 3.41. The van der Waals surface area contributed by atoms with Gasteiger partial charge in [-0.25, -0.2) is 0 Å². The summed E-state index contributed by atoms with van der Waals surface area (Å²) in [6.45, 7) is 10.5. The van der Waals surface area contributed by atoms with E-state index in [0.29, 0.717) is 0 Å². The van der Waals surface area contributed by atoms with Crippen molar-refractivity contribution < 1.29 is 0 Å². The van der Waals surface area contributed by atoms with Gasteiger partial charge in [0.05, 0.1) is 0 Å². The average Bonchev–Trinajstić information content (AvgIpc) is 2.65. The second-order valence-corrected chi connectivity index (χ2v) is 4.43. The summed E-state index contributed by atoms with van der Waals surface area (Å²) in [6.07, 6.45) is 5.45. The van der Waals surface area contributed by atoms with Crippen LogP contribution in [0.25, 0.3) is 0 Å². The molecule has 0 spiro atoms. The van der Waals surface area contributed by atoms with Gasteiger partial charge in [-0.1, -0.05) is 13.8 Å². The monoisotopic (exact) mass is 198 g/mol. The Bertz CT molecular complexity index is 147. The van der Waals surface area contributed by atoms with Gasteiger partial charge in [-0.15, -0.1) is 0 Å². The third-order valence-corrected chi connectivity index (χ3v) is 3.45. The molecular weight excluding hydrogens is 172 g/mol. The van der Waals surface area contributed by atoms with Gasteiger partial charge in [-0.2, -0.15) is 0 Å². The van der Waals surface area contributed by atoms with Gasteiger partial charge in [0.25, 0.3) is 0 Å². The molecule has 0 aromatic carbocycles. The third kappa shape index (κ3) is 3.25. The number of hydrogen-bond donors (Lipinski definition) is 1. The maximum absolute atomic E-state index is 3.41. The number of nitrogens with one attached hydrogen (secondary N) is 1. The van der Waals surface area contributed by atoms with Gasteiger partial charge in [0.15, 0.2) is 0 Å². The largest absolute Gasteiger partial charge is 0.317 e. The van der Waals surface area contributed by atoms with Crippen LogP contribution in [0.4, 0.5) is 0 Å². The fourth-order valence-electron chi connectivity index (χ4n) is 2.53. The Labute approximate surface area is 89.1 Å². The van der Waals surface area contributed by atoms with Gasteiger partial charge in [0.2, 0.25) is 0 Å². The van der Waals surface area contributed by atoms with Crippen LogP contribution in [0.1, 0.15) is 46.5 Å². The first-order chi connectivity index (χ1) is 6.79. The molecule has 0 aromatic heterocycles. The number of rotatable bonds is 6. The van der Waals surface area contributed by atoms with Crippen LogP contribution in [-0.2, 0) is 0 Å². The zero-order valence-electron chi connectivity index (χ0n) is 10.1. The van der Waals surface area contributed by atoms with Gasteiger partial charge in [0, 0.05) is 12.1 Å². The second kappa shape index (κ2) is 6.41. The second-order valence-electron chi connectivity index (χ2n) is 4.43. The third-order valence-electron chi connectivity index (χ3n) is 3.45. The Morgan fingerprint density at radius 1 is 1.43 bits per heavy atom. The van der Waals surface area contributed by atoms with Crippen molar-refractivity contribution in [1.29, 1.82) is 0 Å². The highest BCUT2D eigenvalue weighted by molar-refractivity contribution is 4.82. The molecule has 1 N–H and O–H groups in total. The van der Waals surface area contributed by atoms with Crippen LogP contribution in [0.15, 0.2) is 0 Å². The summed E-state index contributed by atoms with van der Waals surface area (Å²) in [5.41, 5.74) is 0. The molecule has 2 unspecified atom stereocenters. The van der Waals surface area contributed by atoms with Crippen molar-refractivity contribution in [3.63, 3.8) is 0 Å². The smallest absolute Gasteiger partial charge is 0.00959 e. The highest BCUT2D eigenvalue weighted by Gasteiger charge is 2.26. The molecule has 2 heteroatoms. The molecule has 0 bridgehead atoms. The van der Waals surface area contributed by atoms with E-state index < -0.39 is 0 Å². The lowest BCUT2D eigenvalue weighted by molar-refractivity contribution is 0.178. The molecule has 0 amide bonds. The summed E-state index contributed by atoms with van der Waals surface area (Å²) in [5, 5.41) is 3.41. The molecule has 1 heterocycles. The van der Waals surface area contributed by atoms with Crippen molar-refractivity contribution >= 4 is 0 Å². The zero-order chi connectivity index (χ0) is 10.4. The minimum Gasteiger partial charge on any atom is -0.317 e. The van der Waals surface area contributed by atoms with E-state index >= 15 is 0 Å². The van der Waals surface area contributed by atoms with E-state index in [1.54, 1.807) is 0 Å². The molecule has 14 heavy (non-hydrogen) atoms. The van der Waals surface area contributed by atoms with Gasteiger partial charge in [0.1, 0.15) is 0 Å². The quantitative estimate of drug-likeness (QED) is 0.659. The summed E-state index contributed by atoms with van der Waals surface area (Å²) in [4.78, 5) is 2.71.